The Hall–Kier alpha value is -1.44. The molecule has 0 saturated heterocycles. The van der Waals surface area contributed by atoms with E-state index in [0.717, 1.165) is 12.0 Å². The zero-order valence-electron chi connectivity index (χ0n) is 7.79. The van der Waals surface area contributed by atoms with Crippen LogP contribution in [0.15, 0.2) is 36.5 Å². The Morgan fingerprint density at radius 3 is 2.77 bits per heavy atom. The summed E-state index contributed by atoms with van der Waals surface area (Å²) >= 11 is 0. The van der Waals surface area contributed by atoms with E-state index in [2.05, 4.69) is 11.6 Å². The normalized spacial score (nSPS) is 9.62. The number of nitrogens with zero attached hydrogens (tertiary/aromatic N) is 1. The lowest BCUT2D eigenvalue weighted by Crippen LogP contribution is -2.01. The number of hydrogen-bond acceptors (Lipinski definition) is 2. The maximum absolute atomic E-state index is 11.4. The van der Waals surface area contributed by atoms with E-state index in [9.17, 15) is 4.79 Å². The zero-order valence-corrected chi connectivity index (χ0v) is 7.79. The van der Waals surface area contributed by atoms with Crippen LogP contribution in [-0.4, -0.2) is 10.8 Å². The number of allylic oxidation sites excluding steroid dienone is 1. The Bertz CT molecular complexity index is 303. The molecule has 0 bridgehead atoms. The molecule has 13 heavy (non-hydrogen) atoms. The molecule has 0 unspecified atom stereocenters. The van der Waals surface area contributed by atoms with Crippen LogP contribution in [0.3, 0.4) is 0 Å². The van der Waals surface area contributed by atoms with Crippen LogP contribution in [0, 0.1) is 0 Å². The van der Waals surface area contributed by atoms with E-state index in [0.29, 0.717) is 12.1 Å². The van der Waals surface area contributed by atoms with Gasteiger partial charge in [0.15, 0.2) is 5.78 Å². The molecule has 0 amide bonds. The Kier molecular flexibility index (Phi) is 3.38. The van der Waals surface area contributed by atoms with Crippen LogP contribution in [0.25, 0.3) is 0 Å². The van der Waals surface area contributed by atoms with Gasteiger partial charge in [-0.1, -0.05) is 11.6 Å². The molecule has 1 aromatic heterocycles. The van der Waals surface area contributed by atoms with E-state index in [4.69, 9.17) is 0 Å². The average molecular weight is 175 g/mol. The molecule has 68 valence electrons. The molecular formula is C11H13NO. The van der Waals surface area contributed by atoms with E-state index in [-0.39, 0.29) is 5.78 Å². The van der Waals surface area contributed by atoms with Crippen LogP contribution in [0.1, 0.15) is 30.3 Å². The molecule has 0 radical (unpaired) electrons. The number of hydrogen-bond donors (Lipinski definition) is 0. The van der Waals surface area contributed by atoms with Gasteiger partial charge in [0.25, 0.3) is 0 Å². The number of aromatic nitrogens is 1. The van der Waals surface area contributed by atoms with Gasteiger partial charge in [-0.15, -0.1) is 6.58 Å². The zero-order chi connectivity index (χ0) is 9.68. The lowest BCUT2D eigenvalue weighted by Gasteiger charge is -1.98. The van der Waals surface area contributed by atoms with Crippen LogP contribution < -0.4 is 0 Å². The van der Waals surface area contributed by atoms with Crippen molar-refractivity contribution >= 4 is 5.78 Å². The summed E-state index contributed by atoms with van der Waals surface area (Å²) in [5.41, 5.74) is 1.58. The van der Waals surface area contributed by atoms with Gasteiger partial charge in [0, 0.05) is 12.6 Å². The Morgan fingerprint density at radius 1 is 1.46 bits per heavy atom. The lowest BCUT2D eigenvalue weighted by molar-refractivity contribution is 0.0978. The van der Waals surface area contributed by atoms with Gasteiger partial charge in [-0.25, -0.2) is 0 Å². The van der Waals surface area contributed by atoms with Gasteiger partial charge < -0.3 is 0 Å². The third-order valence-electron chi connectivity index (χ3n) is 1.73. The molecule has 0 fully saturated rings. The van der Waals surface area contributed by atoms with Crippen molar-refractivity contribution in [2.75, 3.05) is 0 Å². The second-order valence-corrected chi connectivity index (χ2v) is 3.10. The summed E-state index contributed by atoms with van der Waals surface area (Å²) in [5, 5.41) is 0. The van der Waals surface area contributed by atoms with E-state index in [1.54, 1.807) is 18.3 Å². The summed E-state index contributed by atoms with van der Waals surface area (Å²) in [6.07, 6.45) is 2.88. The minimum absolute atomic E-state index is 0.0867. The van der Waals surface area contributed by atoms with Crippen molar-refractivity contribution in [2.45, 2.75) is 19.8 Å². The molecule has 0 aliphatic carbocycles. The second-order valence-electron chi connectivity index (χ2n) is 3.10. The average Bonchev–Trinajstić information content (AvgIpc) is 2.15. The predicted molar refractivity (Wildman–Crippen MR) is 52.6 cm³/mol. The highest BCUT2D eigenvalue weighted by molar-refractivity contribution is 5.94. The molecule has 0 aliphatic rings. The molecule has 2 heteroatoms. The first-order valence-electron chi connectivity index (χ1n) is 4.29. The van der Waals surface area contributed by atoms with Crippen molar-refractivity contribution in [3.8, 4) is 0 Å². The third kappa shape index (κ3) is 3.20. The summed E-state index contributed by atoms with van der Waals surface area (Å²) in [6, 6.07) is 5.36. The summed E-state index contributed by atoms with van der Waals surface area (Å²) in [7, 11) is 0. The van der Waals surface area contributed by atoms with Crippen molar-refractivity contribution in [2.24, 2.45) is 0 Å². The third-order valence-corrected chi connectivity index (χ3v) is 1.73. The summed E-state index contributed by atoms with van der Waals surface area (Å²) < 4.78 is 0. The van der Waals surface area contributed by atoms with E-state index >= 15 is 0 Å². The maximum Gasteiger partial charge on any atom is 0.181 e. The molecule has 1 aromatic rings. The smallest absolute Gasteiger partial charge is 0.181 e. The van der Waals surface area contributed by atoms with Crippen molar-refractivity contribution in [3.63, 3.8) is 0 Å². The summed E-state index contributed by atoms with van der Waals surface area (Å²) in [4.78, 5) is 15.4. The number of pyridine rings is 1. The van der Waals surface area contributed by atoms with Crippen molar-refractivity contribution in [3.05, 3.63) is 42.2 Å². The highest BCUT2D eigenvalue weighted by Crippen LogP contribution is 2.06. The number of Topliss-reactive ketones (excluding diaryl/α,β-unsaturated/α-hetero) is 1. The second kappa shape index (κ2) is 4.55. The molecule has 0 N–H and O–H groups in total. The number of ketones is 1. The monoisotopic (exact) mass is 175 g/mol. The Labute approximate surface area is 78.3 Å². The molecule has 0 aromatic carbocycles. The molecule has 0 saturated carbocycles. The molecule has 0 spiro atoms. The van der Waals surface area contributed by atoms with Gasteiger partial charge in [-0.3, -0.25) is 9.78 Å². The van der Waals surface area contributed by atoms with Crippen LogP contribution >= 0.6 is 0 Å². The van der Waals surface area contributed by atoms with E-state index in [1.165, 1.54) is 0 Å². The maximum atomic E-state index is 11.4. The van der Waals surface area contributed by atoms with E-state index < -0.39 is 0 Å². The molecular weight excluding hydrogens is 162 g/mol. The molecule has 1 rings (SSSR count). The first kappa shape index (κ1) is 9.65. The van der Waals surface area contributed by atoms with Crippen LogP contribution in [0.5, 0.6) is 0 Å². The lowest BCUT2D eigenvalue weighted by atomic mass is 10.1. The highest BCUT2D eigenvalue weighted by Gasteiger charge is 2.05. The first-order valence-corrected chi connectivity index (χ1v) is 4.29. The fourth-order valence-electron chi connectivity index (χ4n) is 0.983. The quantitative estimate of drug-likeness (QED) is 0.520. The fourth-order valence-corrected chi connectivity index (χ4v) is 0.983. The van der Waals surface area contributed by atoms with Gasteiger partial charge in [0.2, 0.25) is 0 Å². The van der Waals surface area contributed by atoms with Gasteiger partial charge >= 0.3 is 0 Å². The largest absolute Gasteiger partial charge is 0.292 e. The van der Waals surface area contributed by atoms with Gasteiger partial charge in [0.05, 0.1) is 0 Å². The molecule has 1 heterocycles. The Balaban J connectivity index is 2.54. The van der Waals surface area contributed by atoms with Crippen molar-refractivity contribution in [1.29, 1.82) is 0 Å². The molecule has 2 nitrogen and oxygen atoms in total. The van der Waals surface area contributed by atoms with Gasteiger partial charge in [-0.2, -0.15) is 0 Å². The van der Waals surface area contributed by atoms with E-state index in [1.807, 2.05) is 13.0 Å². The standard InChI is InChI=1S/C11H13NO/c1-9(2)6-7-11(13)10-5-3-4-8-12-10/h3-5,8H,1,6-7H2,2H3. The molecule has 0 aliphatic heterocycles. The minimum atomic E-state index is 0.0867. The minimum Gasteiger partial charge on any atom is -0.292 e. The van der Waals surface area contributed by atoms with Crippen molar-refractivity contribution in [1.82, 2.24) is 4.98 Å². The number of carbonyl (C=O) groups excluding carboxylic acids is 1. The number of rotatable bonds is 4. The van der Waals surface area contributed by atoms with Gasteiger partial charge in [0.1, 0.15) is 5.69 Å². The number of carbonyl (C=O) groups is 1. The Morgan fingerprint density at radius 2 is 2.23 bits per heavy atom. The van der Waals surface area contributed by atoms with Gasteiger partial charge in [-0.05, 0) is 25.5 Å². The van der Waals surface area contributed by atoms with Crippen LogP contribution in [-0.2, 0) is 0 Å². The summed E-state index contributed by atoms with van der Waals surface area (Å²) in [5.74, 6) is 0.0867. The van der Waals surface area contributed by atoms with Crippen LogP contribution in [0.4, 0.5) is 0 Å². The SMILES string of the molecule is C=C(C)CCC(=O)c1ccccn1. The highest BCUT2D eigenvalue weighted by atomic mass is 16.1. The fraction of sp³-hybridized carbons (Fsp3) is 0.273. The van der Waals surface area contributed by atoms with Crippen LogP contribution in [0.2, 0.25) is 0 Å². The molecule has 0 atom stereocenters. The topological polar surface area (TPSA) is 30.0 Å². The van der Waals surface area contributed by atoms with Crippen molar-refractivity contribution < 1.29 is 4.79 Å². The summed E-state index contributed by atoms with van der Waals surface area (Å²) in [6.45, 7) is 5.67. The predicted octanol–water partition coefficient (Wildman–Crippen LogP) is 2.62. The first-order chi connectivity index (χ1) is 6.20.